The zero-order valence-corrected chi connectivity index (χ0v) is 16.8. The number of aromatic hydroxyl groups is 2. The molecule has 0 unspecified atom stereocenters. The van der Waals surface area contributed by atoms with Gasteiger partial charge in [0.25, 0.3) is 0 Å². The van der Waals surface area contributed by atoms with Crippen LogP contribution in [0, 0.1) is 19.3 Å². The second-order valence-corrected chi connectivity index (χ2v) is 8.73. The number of phenols is 2. The molecule has 0 amide bonds. The summed E-state index contributed by atoms with van der Waals surface area (Å²) in [6.07, 6.45) is 4.09. The molecule has 0 bridgehead atoms. The van der Waals surface area contributed by atoms with Crippen LogP contribution >= 0.6 is 0 Å². The Kier molecular flexibility index (Phi) is 6.02. The van der Waals surface area contributed by atoms with E-state index in [1.54, 1.807) is 6.92 Å². The predicted octanol–water partition coefficient (Wildman–Crippen LogP) is 5.77. The number of hydrogen-bond donors (Lipinski definition) is 2. The van der Waals surface area contributed by atoms with E-state index in [0.29, 0.717) is 16.9 Å². The first-order chi connectivity index (χ1) is 10.8. The molecule has 1 rings (SSSR count). The molecule has 0 radical (unpaired) electrons. The highest BCUT2D eigenvalue weighted by Crippen LogP contribution is 2.47. The summed E-state index contributed by atoms with van der Waals surface area (Å²) in [6.45, 7) is 16.7. The number of ether oxygens (including phenoxy) is 1. The van der Waals surface area contributed by atoms with Crippen molar-refractivity contribution in [1.29, 1.82) is 0 Å². The Morgan fingerprint density at radius 2 is 1.54 bits per heavy atom. The van der Waals surface area contributed by atoms with Crippen molar-refractivity contribution < 1.29 is 14.9 Å². The van der Waals surface area contributed by atoms with E-state index in [-0.39, 0.29) is 22.3 Å². The lowest BCUT2D eigenvalue weighted by atomic mass is 9.76. The van der Waals surface area contributed by atoms with E-state index >= 15 is 0 Å². The minimum Gasteiger partial charge on any atom is -0.507 e. The van der Waals surface area contributed by atoms with Gasteiger partial charge < -0.3 is 14.9 Å². The number of allylic oxidation sites excluding steroid dienone is 2. The number of benzene rings is 1. The van der Waals surface area contributed by atoms with E-state index in [1.165, 1.54) is 12.7 Å². The third-order valence-electron chi connectivity index (χ3n) is 4.53. The zero-order chi connectivity index (χ0) is 18.9. The van der Waals surface area contributed by atoms with E-state index in [1.807, 2.05) is 6.92 Å². The van der Waals surface area contributed by atoms with Crippen LogP contribution < -0.4 is 4.74 Å². The summed E-state index contributed by atoms with van der Waals surface area (Å²) in [5, 5.41) is 21.1. The fourth-order valence-electron chi connectivity index (χ4n) is 3.46. The molecule has 3 heteroatoms. The normalized spacial score (nSPS) is 13.3. The van der Waals surface area contributed by atoms with Crippen LogP contribution in [0.1, 0.15) is 71.1 Å². The number of phenolic OH excluding ortho intramolecular Hbond substituents is 2. The first-order valence-corrected chi connectivity index (χ1v) is 8.57. The largest absolute Gasteiger partial charge is 0.507 e. The summed E-state index contributed by atoms with van der Waals surface area (Å²) in [7, 11) is 1.50. The quantitative estimate of drug-likeness (QED) is 0.530. The molecule has 136 valence electrons. The molecule has 24 heavy (non-hydrogen) atoms. The second-order valence-electron chi connectivity index (χ2n) is 8.73. The summed E-state index contributed by atoms with van der Waals surface area (Å²) < 4.78 is 5.24. The smallest absolute Gasteiger partial charge is 0.167 e. The summed E-state index contributed by atoms with van der Waals surface area (Å²) >= 11 is 0. The predicted molar refractivity (Wildman–Crippen MR) is 101 cm³/mol. The molecule has 0 atom stereocenters. The summed E-state index contributed by atoms with van der Waals surface area (Å²) in [4.78, 5) is 0. The molecule has 0 aliphatic rings. The zero-order valence-electron chi connectivity index (χ0n) is 16.8. The van der Waals surface area contributed by atoms with Crippen molar-refractivity contribution in [2.24, 2.45) is 5.41 Å². The lowest BCUT2D eigenvalue weighted by Gasteiger charge is -2.29. The van der Waals surface area contributed by atoms with Gasteiger partial charge in [0.05, 0.1) is 7.11 Å². The highest BCUT2D eigenvalue weighted by molar-refractivity contribution is 5.63. The van der Waals surface area contributed by atoms with Crippen LogP contribution in [0.25, 0.3) is 0 Å². The fraction of sp³-hybridized carbons (Fsp3) is 0.619. The molecular weight excluding hydrogens is 300 g/mol. The minimum atomic E-state index is -0.290. The third kappa shape index (κ3) is 4.46. The topological polar surface area (TPSA) is 49.7 Å². The standard InChI is InChI=1S/C21H34O3/c1-13(12-20(4,5)6)10-11-21(7,8)16-14(2)18(23)19(24-9)15(3)17(16)22/h10,22-23H,11-12H2,1-9H3. The summed E-state index contributed by atoms with van der Waals surface area (Å²) in [5.41, 5.74) is 3.38. The molecule has 0 aromatic heterocycles. The SMILES string of the molecule is COc1c(C)c(O)c(C(C)(C)CC=C(C)CC(C)(C)C)c(C)c1O. The van der Waals surface area contributed by atoms with Gasteiger partial charge in [0.1, 0.15) is 5.75 Å². The molecule has 0 saturated carbocycles. The third-order valence-corrected chi connectivity index (χ3v) is 4.53. The lowest BCUT2D eigenvalue weighted by molar-refractivity contribution is 0.356. The first kappa shape index (κ1) is 20.4. The number of methoxy groups -OCH3 is 1. The van der Waals surface area contributed by atoms with Crippen molar-refractivity contribution in [2.45, 2.75) is 73.6 Å². The number of hydrogen-bond acceptors (Lipinski definition) is 3. The van der Waals surface area contributed by atoms with Gasteiger partial charge in [0.2, 0.25) is 0 Å². The average Bonchev–Trinajstić information content (AvgIpc) is 2.42. The fourth-order valence-corrected chi connectivity index (χ4v) is 3.46. The molecule has 0 fully saturated rings. The van der Waals surface area contributed by atoms with Gasteiger partial charge in [-0.25, -0.2) is 0 Å². The molecule has 0 aliphatic carbocycles. The molecule has 2 N–H and O–H groups in total. The van der Waals surface area contributed by atoms with Gasteiger partial charge in [0, 0.05) is 16.7 Å². The van der Waals surface area contributed by atoms with Crippen LogP contribution in [0.15, 0.2) is 11.6 Å². The van der Waals surface area contributed by atoms with Crippen LogP contribution in [-0.4, -0.2) is 17.3 Å². The van der Waals surface area contributed by atoms with Crippen molar-refractivity contribution in [1.82, 2.24) is 0 Å². The van der Waals surface area contributed by atoms with Crippen molar-refractivity contribution in [3.05, 3.63) is 28.3 Å². The molecule has 0 saturated heterocycles. The van der Waals surface area contributed by atoms with Gasteiger partial charge in [-0.3, -0.25) is 0 Å². The molecule has 1 aromatic carbocycles. The molecule has 0 spiro atoms. The maximum absolute atomic E-state index is 10.7. The Labute approximate surface area is 147 Å². The van der Waals surface area contributed by atoms with Crippen molar-refractivity contribution in [3.63, 3.8) is 0 Å². The molecule has 3 nitrogen and oxygen atoms in total. The highest BCUT2D eigenvalue weighted by atomic mass is 16.5. The Bertz CT molecular complexity index is 602. The lowest BCUT2D eigenvalue weighted by Crippen LogP contribution is -2.19. The van der Waals surface area contributed by atoms with Crippen LogP contribution in [0.5, 0.6) is 17.2 Å². The summed E-state index contributed by atoms with van der Waals surface area (Å²) in [5.74, 6) is 0.685. The van der Waals surface area contributed by atoms with E-state index in [2.05, 4.69) is 47.6 Å². The van der Waals surface area contributed by atoms with Gasteiger partial charge in [-0.15, -0.1) is 0 Å². The van der Waals surface area contributed by atoms with Gasteiger partial charge in [-0.05, 0) is 44.4 Å². The van der Waals surface area contributed by atoms with Gasteiger partial charge in [0.15, 0.2) is 11.5 Å². The Balaban J connectivity index is 3.27. The van der Waals surface area contributed by atoms with Gasteiger partial charge in [-0.1, -0.05) is 46.3 Å². The Hall–Kier alpha value is -1.64. The maximum Gasteiger partial charge on any atom is 0.167 e. The van der Waals surface area contributed by atoms with Crippen molar-refractivity contribution in [3.8, 4) is 17.2 Å². The van der Waals surface area contributed by atoms with E-state index in [4.69, 9.17) is 4.74 Å². The average molecular weight is 335 g/mol. The van der Waals surface area contributed by atoms with Gasteiger partial charge >= 0.3 is 0 Å². The highest BCUT2D eigenvalue weighted by Gasteiger charge is 2.30. The van der Waals surface area contributed by atoms with Crippen LogP contribution in [0.2, 0.25) is 0 Å². The first-order valence-electron chi connectivity index (χ1n) is 8.57. The molecular formula is C21H34O3. The van der Waals surface area contributed by atoms with E-state index in [9.17, 15) is 10.2 Å². The minimum absolute atomic E-state index is 0.117. The van der Waals surface area contributed by atoms with Crippen molar-refractivity contribution >= 4 is 0 Å². The van der Waals surface area contributed by atoms with Crippen molar-refractivity contribution in [2.75, 3.05) is 7.11 Å². The summed E-state index contributed by atoms with van der Waals surface area (Å²) in [6, 6.07) is 0. The Morgan fingerprint density at radius 3 is 2.00 bits per heavy atom. The van der Waals surface area contributed by atoms with E-state index < -0.39 is 0 Å². The maximum atomic E-state index is 10.7. The second kappa shape index (κ2) is 7.08. The monoisotopic (exact) mass is 334 g/mol. The molecule has 0 heterocycles. The molecule has 0 aliphatic heterocycles. The van der Waals surface area contributed by atoms with Crippen LogP contribution in [0.3, 0.4) is 0 Å². The number of rotatable bonds is 5. The van der Waals surface area contributed by atoms with Crippen LogP contribution in [0.4, 0.5) is 0 Å². The van der Waals surface area contributed by atoms with Crippen LogP contribution in [-0.2, 0) is 5.41 Å². The Morgan fingerprint density at radius 1 is 1.00 bits per heavy atom. The molecule has 1 aromatic rings. The van der Waals surface area contributed by atoms with Gasteiger partial charge in [-0.2, -0.15) is 0 Å². The van der Waals surface area contributed by atoms with E-state index in [0.717, 1.165) is 18.4 Å².